The highest BCUT2D eigenvalue weighted by atomic mass is 35.5. The van der Waals surface area contributed by atoms with E-state index in [9.17, 15) is 4.79 Å². The van der Waals surface area contributed by atoms with Crippen molar-refractivity contribution in [2.45, 2.75) is 6.04 Å². The van der Waals surface area contributed by atoms with Crippen LogP contribution in [0.2, 0.25) is 5.28 Å². The normalized spacial score (nSPS) is 20.3. The Morgan fingerprint density at radius 2 is 2.24 bits per heavy atom. The van der Waals surface area contributed by atoms with Crippen LogP contribution >= 0.6 is 11.6 Å². The summed E-state index contributed by atoms with van der Waals surface area (Å²) in [5, 5.41) is -0.0257. The lowest BCUT2D eigenvalue weighted by Crippen LogP contribution is -2.53. The van der Waals surface area contributed by atoms with E-state index in [2.05, 4.69) is 15.0 Å². The van der Waals surface area contributed by atoms with E-state index in [0.29, 0.717) is 13.2 Å². The zero-order chi connectivity index (χ0) is 12.4. The van der Waals surface area contributed by atoms with Crippen molar-refractivity contribution < 1.29 is 9.53 Å². The number of rotatable bonds is 2. The van der Waals surface area contributed by atoms with Crippen molar-refractivity contribution in [1.82, 2.24) is 15.0 Å². The largest absolute Gasteiger partial charge is 0.377 e. The van der Waals surface area contributed by atoms with Crippen molar-refractivity contribution in [2.75, 3.05) is 30.4 Å². The quantitative estimate of drug-likeness (QED) is 0.683. The predicted molar refractivity (Wildman–Crippen MR) is 60.4 cm³/mol. The molecule has 4 N–H and O–H groups in total. The number of nitrogens with zero attached hydrogens (tertiary/aromatic N) is 4. The minimum atomic E-state index is -0.624. The van der Waals surface area contributed by atoms with Gasteiger partial charge in [0.05, 0.1) is 13.2 Å². The Hall–Kier alpha value is -1.67. The van der Waals surface area contributed by atoms with Gasteiger partial charge in [-0.2, -0.15) is 15.0 Å². The minimum absolute atomic E-state index is 0.00490. The molecule has 1 atom stereocenters. The van der Waals surface area contributed by atoms with Crippen molar-refractivity contribution in [1.29, 1.82) is 0 Å². The maximum atomic E-state index is 11.3. The number of carbonyl (C=O) groups excluding carboxylic acids is 1. The van der Waals surface area contributed by atoms with Crippen LogP contribution in [0.3, 0.4) is 0 Å². The van der Waals surface area contributed by atoms with Crippen LogP contribution in [0.15, 0.2) is 0 Å². The van der Waals surface area contributed by atoms with Crippen LogP contribution in [0.5, 0.6) is 0 Å². The molecule has 0 aromatic carbocycles. The van der Waals surface area contributed by atoms with Crippen LogP contribution in [0.25, 0.3) is 0 Å². The molecule has 1 amide bonds. The van der Waals surface area contributed by atoms with Gasteiger partial charge in [0, 0.05) is 6.54 Å². The molecule has 8 nitrogen and oxygen atoms in total. The molecule has 9 heteroatoms. The van der Waals surface area contributed by atoms with E-state index in [1.54, 1.807) is 4.90 Å². The van der Waals surface area contributed by atoms with Gasteiger partial charge >= 0.3 is 0 Å². The fourth-order valence-corrected chi connectivity index (χ4v) is 1.72. The topological polar surface area (TPSA) is 120 Å². The first kappa shape index (κ1) is 11.8. The highest BCUT2D eigenvalue weighted by Gasteiger charge is 2.30. The lowest BCUT2D eigenvalue weighted by molar-refractivity contribution is -0.121. The maximum Gasteiger partial charge on any atom is 0.242 e. The molecule has 1 unspecified atom stereocenters. The van der Waals surface area contributed by atoms with Crippen LogP contribution in [-0.4, -0.2) is 46.7 Å². The first-order chi connectivity index (χ1) is 8.08. The fraction of sp³-hybridized carbons (Fsp3) is 0.500. The molecule has 92 valence electrons. The molecule has 1 fully saturated rings. The van der Waals surface area contributed by atoms with Gasteiger partial charge in [-0.15, -0.1) is 0 Å². The number of nitrogens with two attached hydrogens (primary N) is 2. The van der Waals surface area contributed by atoms with Crippen molar-refractivity contribution in [3.8, 4) is 0 Å². The standard InChI is InChI=1S/C8H11ClN6O2/c9-6-12-7(11)14-8(13-6)15-1-2-17-3-4(15)5(10)16/h4H,1-3H2,(H2,10,16)(H2,11,12,13,14). The maximum absolute atomic E-state index is 11.3. The Bertz CT molecular complexity index is 422. The van der Waals surface area contributed by atoms with Crippen molar-refractivity contribution in [2.24, 2.45) is 5.73 Å². The van der Waals surface area contributed by atoms with Gasteiger partial charge in [0.2, 0.25) is 23.1 Å². The third-order valence-electron chi connectivity index (χ3n) is 2.33. The second-order valence-corrected chi connectivity index (χ2v) is 3.79. The van der Waals surface area contributed by atoms with Crippen molar-refractivity contribution >= 4 is 29.4 Å². The first-order valence-corrected chi connectivity index (χ1v) is 5.26. The molecule has 0 bridgehead atoms. The first-order valence-electron chi connectivity index (χ1n) is 4.88. The molecular weight excluding hydrogens is 248 g/mol. The van der Waals surface area contributed by atoms with Gasteiger partial charge in [0.25, 0.3) is 0 Å². The van der Waals surface area contributed by atoms with Gasteiger partial charge < -0.3 is 21.1 Å². The average Bonchev–Trinajstić information content (AvgIpc) is 2.27. The number of anilines is 2. The summed E-state index contributed by atoms with van der Waals surface area (Å²) in [7, 11) is 0. The van der Waals surface area contributed by atoms with Crippen LogP contribution in [0.4, 0.5) is 11.9 Å². The number of nitrogen functional groups attached to an aromatic ring is 1. The van der Waals surface area contributed by atoms with Gasteiger partial charge in [0.15, 0.2) is 0 Å². The van der Waals surface area contributed by atoms with E-state index in [0.717, 1.165) is 0 Å². The van der Waals surface area contributed by atoms with E-state index >= 15 is 0 Å². The van der Waals surface area contributed by atoms with E-state index < -0.39 is 11.9 Å². The average molecular weight is 259 g/mol. The smallest absolute Gasteiger partial charge is 0.242 e. The van der Waals surface area contributed by atoms with Crippen LogP contribution < -0.4 is 16.4 Å². The van der Waals surface area contributed by atoms with E-state index in [4.69, 9.17) is 27.8 Å². The molecule has 1 aliphatic heterocycles. The number of carbonyl (C=O) groups is 1. The van der Waals surface area contributed by atoms with E-state index in [1.165, 1.54) is 0 Å². The molecule has 1 aromatic heterocycles. The SMILES string of the molecule is NC(=O)C1COCCN1c1nc(N)nc(Cl)n1. The Morgan fingerprint density at radius 3 is 2.88 bits per heavy atom. The van der Waals surface area contributed by atoms with Gasteiger partial charge in [-0.3, -0.25) is 4.79 Å². The second-order valence-electron chi connectivity index (χ2n) is 3.45. The zero-order valence-corrected chi connectivity index (χ0v) is 9.59. The number of primary amides is 1. The summed E-state index contributed by atoms with van der Waals surface area (Å²) in [4.78, 5) is 24.4. The van der Waals surface area contributed by atoms with E-state index in [1.807, 2.05) is 0 Å². The number of amides is 1. The molecule has 1 saturated heterocycles. The Balaban J connectivity index is 2.32. The summed E-state index contributed by atoms with van der Waals surface area (Å²) < 4.78 is 5.18. The van der Waals surface area contributed by atoms with Gasteiger partial charge in [-0.1, -0.05) is 0 Å². The van der Waals surface area contributed by atoms with Gasteiger partial charge in [-0.25, -0.2) is 0 Å². The summed E-state index contributed by atoms with van der Waals surface area (Å²) >= 11 is 5.68. The number of morpholine rings is 1. The number of halogens is 1. The highest BCUT2D eigenvalue weighted by molar-refractivity contribution is 6.28. The number of hydrogen-bond donors (Lipinski definition) is 2. The van der Waals surface area contributed by atoms with Crippen LogP contribution in [-0.2, 0) is 9.53 Å². The second kappa shape index (κ2) is 4.68. The molecule has 2 heterocycles. The third kappa shape index (κ3) is 2.53. The molecule has 0 saturated carbocycles. The third-order valence-corrected chi connectivity index (χ3v) is 2.50. The summed E-state index contributed by atoms with van der Waals surface area (Å²) in [5.41, 5.74) is 10.7. The summed E-state index contributed by atoms with van der Waals surface area (Å²) in [6.07, 6.45) is 0. The Labute approximate surface area is 102 Å². The molecule has 0 spiro atoms. The van der Waals surface area contributed by atoms with Gasteiger partial charge in [0.1, 0.15) is 6.04 Å². The Kier molecular flexibility index (Phi) is 3.25. The lowest BCUT2D eigenvalue weighted by Gasteiger charge is -2.33. The number of aromatic nitrogens is 3. The molecule has 0 radical (unpaired) electrons. The van der Waals surface area contributed by atoms with Crippen molar-refractivity contribution in [3.05, 3.63) is 5.28 Å². The molecule has 1 aliphatic rings. The summed E-state index contributed by atoms with van der Waals surface area (Å²) in [6, 6.07) is -0.624. The molecule has 1 aromatic rings. The number of ether oxygens (including phenoxy) is 1. The van der Waals surface area contributed by atoms with Crippen LogP contribution in [0.1, 0.15) is 0 Å². The fourth-order valence-electron chi connectivity index (χ4n) is 1.56. The molecule has 2 rings (SSSR count). The van der Waals surface area contributed by atoms with E-state index in [-0.39, 0.29) is 23.8 Å². The van der Waals surface area contributed by atoms with Crippen LogP contribution in [0, 0.1) is 0 Å². The summed E-state index contributed by atoms with van der Waals surface area (Å²) in [6.45, 7) is 1.08. The molecule has 17 heavy (non-hydrogen) atoms. The van der Waals surface area contributed by atoms with Crippen molar-refractivity contribution in [3.63, 3.8) is 0 Å². The summed E-state index contributed by atoms with van der Waals surface area (Å²) in [5.74, 6) is -0.288. The number of hydrogen-bond acceptors (Lipinski definition) is 7. The van der Waals surface area contributed by atoms with Gasteiger partial charge in [-0.05, 0) is 11.6 Å². The predicted octanol–water partition coefficient (Wildman–Crippen LogP) is -1.20. The lowest BCUT2D eigenvalue weighted by atomic mass is 10.2. The minimum Gasteiger partial charge on any atom is -0.377 e. The molecular formula is C8H11ClN6O2. The molecule has 0 aliphatic carbocycles. The monoisotopic (exact) mass is 258 g/mol. The highest BCUT2D eigenvalue weighted by Crippen LogP contribution is 2.17. The zero-order valence-electron chi connectivity index (χ0n) is 8.84. The Morgan fingerprint density at radius 1 is 1.47 bits per heavy atom.